The van der Waals surface area contributed by atoms with Crippen LogP contribution in [0.1, 0.15) is 15.9 Å². The predicted octanol–water partition coefficient (Wildman–Crippen LogP) is 2.44. The molecule has 0 aliphatic carbocycles. The fourth-order valence-corrected chi connectivity index (χ4v) is 2.57. The molecule has 1 aliphatic heterocycles. The van der Waals surface area contributed by atoms with Crippen LogP contribution in [-0.4, -0.2) is 33.3 Å². The van der Waals surface area contributed by atoms with Gasteiger partial charge in [0.15, 0.2) is 11.5 Å². The molecule has 0 radical (unpaired) electrons. The Morgan fingerprint density at radius 1 is 1.12 bits per heavy atom. The van der Waals surface area contributed by atoms with Crippen LogP contribution in [0.2, 0.25) is 0 Å². The highest BCUT2D eigenvalue weighted by Gasteiger charge is 2.13. The predicted molar refractivity (Wildman–Crippen MR) is 91.1 cm³/mol. The lowest BCUT2D eigenvalue weighted by Crippen LogP contribution is -2.16. The smallest absolute Gasteiger partial charge is 0.255 e. The number of carbonyl (C=O) groups is 1. The van der Waals surface area contributed by atoms with Gasteiger partial charge in [-0.05, 0) is 36.4 Å². The average Bonchev–Trinajstić information content (AvgIpc) is 2.86. The number of carbonyl (C=O) groups excluding carboxylic acids is 1. The van der Waals surface area contributed by atoms with Gasteiger partial charge < -0.3 is 24.8 Å². The van der Waals surface area contributed by atoms with Crippen LogP contribution in [0.5, 0.6) is 17.2 Å². The Kier molecular flexibility index (Phi) is 4.86. The molecule has 0 saturated heterocycles. The molecule has 6 heteroatoms. The van der Waals surface area contributed by atoms with Gasteiger partial charge in [-0.15, -0.1) is 0 Å². The quantitative estimate of drug-likeness (QED) is 0.902. The minimum atomic E-state index is -0.210. The van der Waals surface area contributed by atoms with E-state index in [2.05, 4.69) is 10.6 Å². The van der Waals surface area contributed by atoms with E-state index in [-0.39, 0.29) is 5.91 Å². The van der Waals surface area contributed by atoms with Crippen molar-refractivity contribution >= 4 is 11.6 Å². The van der Waals surface area contributed by atoms with E-state index in [1.807, 2.05) is 18.2 Å². The number of benzene rings is 2. The van der Waals surface area contributed by atoms with Crippen LogP contribution >= 0.6 is 0 Å². The maximum atomic E-state index is 12.5. The summed E-state index contributed by atoms with van der Waals surface area (Å²) in [6.07, 6.45) is 0. The van der Waals surface area contributed by atoms with E-state index < -0.39 is 0 Å². The summed E-state index contributed by atoms with van der Waals surface area (Å²) in [7, 11) is 3.10. The van der Waals surface area contributed by atoms with Crippen LogP contribution in [-0.2, 0) is 6.54 Å². The Morgan fingerprint density at radius 2 is 1.96 bits per heavy atom. The number of rotatable bonds is 4. The number of nitrogens with one attached hydrogen (secondary N) is 2. The first-order chi connectivity index (χ1) is 11.7. The molecule has 0 spiro atoms. The van der Waals surface area contributed by atoms with Gasteiger partial charge in [-0.2, -0.15) is 0 Å². The summed E-state index contributed by atoms with van der Waals surface area (Å²) in [6, 6.07) is 10.7. The van der Waals surface area contributed by atoms with E-state index in [0.717, 1.165) is 30.1 Å². The van der Waals surface area contributed by atoms with E-state index in [0.29, 0.717) is 23.7 Å². The van der Waals surface area contributed by atoms with Crippen molar-refractivity contribution in [1.29, 1.82) is 0 Å². The maximum absolute atomic E-state index is 12.5. The SMILES string of the molecule is COc1ccc(C(=O)Nc2ccc3c(c2)CNCCO3)cc1OC. The molecule has 1 heterocycles. The first kappa shape index (κ1) is 16.1. The Labute approximate surface area is 140 Å². The van der Waals surface area contributed by atoms with Gasteiger partial charge in [-0.25, -0.2) is 0 Å². The largest absolute Gasteiger partial charge is 0.493 e. The Hall–Kier alpha value is -2.73. The van der Waals surface area contributed by atoms with Gasteiger partial charge in [0, 0.05) is 29.9 Å². The van der Waals surface area contributed by atoms with E-state index in [1.165, 1.54) is 0 Å². The highest BCUT2D eigenvalue weighted by molar-refractivity contribution is 6.04. The van der Waals surface area contributed by atoms with Gasteiger partial charge >= 0.3 is 0 Å². The normalized spacial score (nSPS) is 13.2. The number of amides is 1. The van der Waals surface area contributed by atoms with Crippen LogP contribution in [0.4, 0.5) is 5.69 Å². The van der Waals surface area contributed by atoms with E-state index in [9.17, 15) is 4.79 Å². The van der Waals surface area contributed by atoms with Crippen molar-refractivity contribution in [2.45, 2.75) is 6.54 Å². The zero-order chi connectivity index (χ0) is 16.9. The van der Waals surface area contributed by atoms with Crippen LogP contribution in [0.25, 0.3) is 0 Å². The molecule has 24 heavy (non-hydrogen) atoms. The number of hydrogen-bond donors (Lipinski definition) is 2. The lowest BCUT2D eigenvalue weighted by molar-refractivity contribution is 0.102. The summed E-state index contributed by atoms with van der Waals surface area (Å²) in [5, 5.41) is 6.17. The molecule has 1 aliphatic rings. The molecule has 2 aromatic rings. The van der Waals surface area contributed by atoms with Gasteiger partial charge in [-0.1, -0.05) is 0 Å². The molecule has 0 bridgehead atoms. The highest BCUT2D eigenvalue weighted by Crippen LogP contribution is 2.28. The fraction of sp³-hybridized carbons (Fsp3) is 0.278. The molecule has 0 aromatic heterocycles. The molecule has 0 atom stereocenters. The summed E-state index contributed by atoms with van der Waals surface area (Å²) >= 11 is 0. The van der Waals surface area contributed by atoms with Gasteiger partial charge in [0.2, 0.25) is 0 Å². The molecule has 1 amide bonds. The Morgan fingerprint density at radius 3 is 2.75 bits per heavy atom. The molecule has 2 aromatic carbocycles. The van der Waals surface area contributed by atoms with Crippen molar-refractivity contribution in [3.05, 3.63) is 47.5 Å². The second-order valence-corrected chi connectivity index (χ2v) is 5.37. The Bertz CT molecular complexity index is 746. The monoisotopic (exact) mass is 328 g/mol. The number of hydrogen-bond acceptors (Lipinski definition) is 5. The number of ether oxygens (including phenoxy) is 3. The lowest BCUT2D eigenvalue weighted by atomic mass is 10.1. The van der Waals surface area contributed by atoms with Crippen molar-refractivity contribution in [2.75, 3.05) is 32.7 Å². The summed E-state index contributed by atoms with van der Waals surface area (Å²) < 4.78 is 16.1. The molecular weight excluding hydrogens is 308 g/mol. The molecule has 3 rings (SSSR count). The van der Waals surface area contributed by atoms with Crippen LogP contribution in [0, 0.1) is 0 Å². The molecule has 0 saturated carbocycles. The first-order valence-corrected chi connectivity index (χ1v) is 7.71. The van der Waals surface area contributed by atoms with Crippen LogP contribution in [0.15, 0.2) is 36.4 Å². The van der Waals surface area contributed by atoms with Crippen molar-refractivity contribution in [2.24, 2.45) is 0 Å². The van der Waals surface area contributed by atoms with E-state index >= 15 is 0 Å². The van der Waals surface area contributed by atoms with Gasteiger partial charge in [-0.3, -0.25) is 4.79 Å². The topological polar surface area (TPSA) is 68.8 Å². The van der Waals surface area contributed by atoms with Crippen molar-refractivity contribution in [1.82, 2.24) is 5.32 Å². The first-order valence-electron chi connectivity index (χ1n) is 7.71. The standard InChI is InChI=1S/C18H20N2O4/c1-22-16-5-3-12(10-17(16)23-2)18(21)20-14-4-6-15-13(9-14)11-19-7-8-24-15/h3-6,9-10,19H,7-8,11H2,1-2H3,(H,20,21). The van der Waals surface area contributed by atoms with Gasteiger partial charge in [0.25, 0.3) is 5.91 Å². The zero-order valence-corrected chi connectivity index (χ0v) is 13.7. The Balaban J connectivity index is 1.78. The van der Waals surface area contributed by atoms with Crippen molar-refractivity contribution in [3.63, 3.8) is 0 Å². The third kappa shape index (κ3) is 3.44. The fourth-order valence-electron chi connectivity index (χ4n) is 2.57. The van der Waals surface area contributed by atoms with Crippen molar-refractivity contribution < 1.29 is 19.0 Å². The van der Waals surface area contributed by atoms with E-state index in [1.54, 1.807) is 32.4 Å². The summed E-state index contributed by atoms with van der Waals surface area (Å²) in [5.74, 6) is 1.74. The van der Waals surface area contributed by atoms with Crippen LogP contribution < -0.4 is 24.8 Å². The molecule has 6 nitrogen and oxygen atoms in total. The minimum absolute atomic E-state index is 0.210. The average molecular weight is 328 g/mol. The second-order valence-electron chi connectivity index (χ2n) is 5.37. The third-order valence-electron chi connectivity index (χ3n) is 3.82. The third-order valence-corrected chi connectivity index (χ3v) is 3.82. The van der Waals surface area contributed by atoms with Gasteiger partial charge in [0.1, 0.15) is 12.4 Å². The molecule has 126 valence electrons. The molecule has 0 fully saturated rings. The lowest BCUT2D eigenvalue weighted by Gasteiger charge is -2.12. The highest BCUT2D eigenvalue weighted by atomic mass is 16.5. The molecule has 0 unspecified atom stereocenters. The number of methoxy groups -OCH3 is 2. The summed E-state index contributed by atoms with van der Waals surface area (Å²) in [4.78, 5) is 12.5. The van der Waals surface area contributed by atoms with Crippen LogP contribution in [0.3, 0.4) is 0 Å². The van der Waals surface area contributed by atoms with E-state index in [4.69, 9.17) is 14.2 Å². The maximum Gasteiger partial charge on any atom is 0.255 e. The second kappa shape index (κ2) is 7.23. The summed E-state index contributed by atoms with van der Waals surface area (Å²) in [5.41, 5.74) is 2.25. The zero-order valence-electron chi connectivity index (χ0n) is 13.7. The minimum Gasteiger partial charge on any atom is -0.493 e. The molecule has 2 N–H and O–H groups in total. The van der Waals surface area contributed by atoms with Gasteiger partial charge in [0.05, 0.1) is 14.2 Å². The number of anilines is 1. The number of fused-ring (bicyclic) bond motifs is 1. The van der Waals surface area contributed by atoms with Crippen molar-refractivity contribution in [3.8, 4) is 17.2 Å². The molecular formula is C18H20N2O4. The summed E-state index contributed by atoms with van der Waals surface area (Å²) in [6.45, 7) is 2.17.